The van der Waals surface area contributed by atoms with Crippen LogP contribution in [0.15, 0.2) is 0 Å². The van der Waals surface area contributed by atoms with Crippen LogP contribution in [0.25, 0.3) is 0 Å². The number of nitrogens with one attached hydrogen (secondary N) is 1. The summed E-state index contributed by atoms with van der Waals surface area (Å²) in [4.78, 5) is 0. The van der Waals surface area contributed by atoms with Crippen LogP contribution in [0.2, 0.25) is 0 Å². The van der Waals surface area contributed by atoms with Gasteiger partial charge in [-0.1, -0.05) is 0 Å². The van der Waals surface area contributed by atoms with Gasteiger partial charge in [0.2, 0.25) is 10.0 Å². The Kier molecular flexibility index (Phi) is 2.81. The summed E-state index contributed by atoms with van der Waals surface area (Å²) in [7, 11) is -3.00. The monoisotopic (exact) mass is 218 g/mol. The first-order chi connectivity index (χ1) is 6.57. The third-order valence-electron chi connectivity index (χ3n) is 2.94. The van der Waals surface area contributed by atoms with Crippen LogP contribution in [0.1, 0.15) is 25.7 Å². The molecule has 1 aliphatic carbocycles. The molecule has 2 rings (SSSR count). The molecule has 1 aliphatic heterocycles. The fraction of sp³-hybridized carbons (Fsp3) is 1.00. The van der Waals surface area contributed by atoms with Crippen molar-refractivity contribution in [1.29, 1.82) is 0 Å². The van der Waals surface area contributed by atoms with E-state index in [9.17, 15) is 8.42 Å². The predicted octanol–water partition coefficient (Wildman–Crippen LogP) is 0.162. The van der Waals surface area contributed by atoms with E-state index < -0.39 is 10.0 Å². The van der Waals surface area contributed by atoms with Crippen LogP contribution in [0.4, 0.5) is 0 Å². The summed E-state index contributed by atoms with van der Waals surface area (Å²) in [6.07, 6.45) is 5.69. The Hall–Kier alpha value is -0.130. The molecule has 2 aliphatic rings. The largest absolute Gasteiger partial charge is 0.313 e. The SMILES string of the molecule is CS(=O)(=O)N(CC1CCCN1)C1CC1. The van der Waals surface area contributed by atoms with Gasteiger partial charge in [-0.25, -0.2) is 8.42 Å². The van der Waals surface area contributed by atoms with Gasteiger partial charge in [0.15, 0.2) is 0 Å². The topological polar surface area (TPSA) is 49.4 Å². The van der Waals surface area contributed by atoms with Crippen LogP contribution >= 0.6 is 0 Å². The molecule has 1 atom stereocenters. The first kappa shape index (κ1) is 10.4. The predicted molar refractivity (Wildman–Crippen MR) is 55.6 cm³/mol. The normalized spacial score (nSPS) is 28.6. The summed E-state index contributed by atoms with van der Waals surface area (Å²) in [5.41, 5.74) is 0. The Balaban J connectivity index is 1.96. The summed E-state index contributed by atoms with van der Waals surface area (Å²) < 4.78 is 24.7. The van der Waals surface area contributed by atoms with E-state index in [1.807, 2.05) is 0 Å². The molecule has 0 aromatic heterocycles. The first-order valence-electron chi connectivity index (χ1n) is 5.27. The zero-order chi connectivity index (χ0) is 10.2. The van der Waals surface area contributed by atoms with E-state index in [-0.39, 0.29) is 0 Å². The molecule has 0 aromatic carbocycles. The number of sulfonamides is 1. The zero-order valence-electron chi connectivity index (χ0n) is 8.57. The van der Waals surface area contributed by atoms with Crippen LogP contribution in [0.3, 0.4) is 0 Å². The van der Waals surface area contributed by atoms with Gasteiger partial charge in [0.05, 0.1) is 6.26 Å². The molecule has 82 valence electrons. The molecule has 0 spiro atoms. The van der Waals surface area contributed by atoms with Crippen molar-refractivity contribution < 1.29 is 8.42 Å². The third-order valence-corrected chi connectivity index (χ3v) is 4.24. The minimum Gasteiger partial charge on any atom is -0.313 e. The third kappa shape index (κ3) is 2.46. The molecule has 0 radical (unpaired) electrons. The summed E-state index contributed by atoms with van der Waals surface area (Å²) in [6, 6.07) is 0.678. The molecule has 0 amide bonds. The molecule has 1 saturated carbocycles. The van der Waals surface area contributed by atoms with Gasteiger partial charge >= 0.3 is 0 Å². The van der Waals surface area contributed by atoms with Gasteiger partial charge in [-0.2, -0.15) is 4.31 Å². The quantitative estimate of drug-likeness (QED) is 0.731. The van der Waals surface area contributed by atoms with Gasteiger partial charge in [-0.15, -0.1) is 0 Å². The molecule has 1 N–H and O–H groups in total. The average Bonchev–Trinajstić information content (AvgIpc) is 2.77. The fourth-order valence-electron chi connectivity index (χ4n) is 2.05. The molecular weight excluding hydrogens is 200 g/mol. The molecule has 0 aromatic rings. The van der Waals surface area contributed by atoms with Crippen LogP contribution in [0, 0.1) is 0 Å². The number of hydrogen-bond donors (Lipinski definition) is 1. The second-order valence-electron chi connectivity index (χ2n) is 4.36. The Morgan fingerprint density at radius 2 is 2.07 bits per heavy atom. The fourth-order valence-corrected chi connectivity index (χ4v) is 3.25. The minimum atomic E-state index is -3.00. The van der Waals surface area contributed by atoms with E-state index in [4.69, 9.17) is 0 Å². The Morgan fingerprint density at radius 1 is 1.36 bits per heavy atom. The lowest BCUT2D eigenvalue weighted by molar-refractivity contribution is 0.365. The maximum absolute atomic E-state index is 11.5. The van der Waals surface area contributed by atoms with Gasteiger partial charge in [0.25, 0.3) is 0 Å². The maximum atomic E-state index is 11.5. The Bertz CT molecular complexity index is 292. The highest BCUT2D eigenvalue weighted by Crippen LogP contribution is 2.29. The van der Waals surface area contributed by atoms with Gasteiger partial charge in [0, 0.05) is 18.6 Å². The van der Waals surface area contributed by atoms with Crippen LogP contribution in [0.5, 0.6) is 0 Å². The molecule has 5 heteroatoms. The standard InChI is InChI=1S/C9H18N2O2S/c1-14(12,13)11(9-4-5-9)7-8-3-2-6-10-8/h8-10H,2-7H2,1H3. The lowest BCUT2D eigenvalue weighted by Gasteiger charge is -2.23. The van der Waals surface area contributed by atoms with Crippen molar-refractivity contribution in [2.75, 3.05) is 19.3 Å². The Morgan fingerprint density at radius 3 is 2.50 bits per heavy atom. The van der Waals surface area contributed by atoms with Crippen molar-refractivity contribution in [3.05, 3.63) is 0 Å². The lowest BCUT2D eigenvalue weighted by Crippen LogP contribution is -2.41. The van der Waals surface area contributed by atoms with Crippen molar-refractivity contribution >= 4 is 10.0 Å². The van der Waals surface area contributed by atoms with Crippen molar-refractivity contribution in [2.45, 2.75) is 37.8 Å². The van der Waals surface area contributed by atoms with E-state index in [0.29, 0.717) is 18.6 Å². The highest BCUT2D eigenvalue weighted by Gasteiger charge is 2.36. The molecule has 1 unspecified atom stereocenters. The number of rotatable bonds is 4. The maximum Gasteiger partial charge on any atom is 0.211 e. The van der Waals surface area contributed by atoms with Crippen molar-refractivity contribution in [3.63, 3.8) is 0 Å². The van der Waals surface area contributed by atoms with Crippen molar-refractivity contribution in [1.82, 2.24) is 9.62 Å². The Labute approximate surface area is 85.7 Å². The number of nitrogens with zero attached hydrogens (tertiary/aromatic N) is 1. The summed E-state index contributed by atoms with van der Waals surface area (Å²) in [5.74, 6) is 0. The molecule has 14 heavy (non-hydrogen) atoms. The van der Waals surface area contributed by atoms with E-state index in [2.05, 4.69) is 5.32 Å². The van der Waals surface area contributed by atoms with E-state index in [1.54, 1.807) is 4.31 Å². The zero-order valence-corrected chi connectivity index (χ0v) is 9.39. The van der Waals surface area contributed by atoms with E-state index in [0.717, 1.165) is 25.8 Å². The summed E-state index contributed by atoms with van der Waals surface area (Å²) in [5, 5.41) is 3.34. The van der Waals surface area contributed by atoms with Crippen molar-refractivity contribution in [2.24, 2.45) is 0 Å². The van der Waals surface area contributed by atoms with Crippen molar-refractivity contribution in [3.8, 4) is 0 Å². The molecule has 4 nitrogen and oxygen atoms in total. The van der Waals surface area contributed by atoms with Crippen LogP contribution < -0.4 is 5.32 Å². The second kappa shape index (κ2) is 3.79. The molecule has 2 fully saturated rings. The smallest absolute Gasteiger partial charge is 0.211 e. The van der Waals surface area contributed by atoms with E-state index >= 15 is 0 Å². The molecule has 0 bridgehead atoms. The average molecular weight is 218 g/mol. The molecular formula is C9H18N2O2S. The van der Waals surface area contributed by atoms with Gasteiger partial charge in [-0.3, -0.25) is 0 Å². The summed E-state index contributed by atoms with van der Waals surface area (Å²) in [6.45, 7) is 1.70. The van der Waals surface area contributed by atoms with E-state index in [1.165, 1.54) is 12.7 Å². The van der Waals surface area contributed by atoms with Gasteiger partial charge in [-0.05, 0) is 32.2 Å². The first-order valence-corrected chi connectivity index (χ1v) is 7.12. The molecule has 1 saturated heterocycles. The second-order valence-corrected chi connectivity index (χ2v) is 6.29. The van der Waals surface area contributed by atoms with Crippen LogP contribution in [-0.2, 0) is 10.0 Å². The van der Waals surface area contributed by atoms with Gasteiger partial charge in [0.1, 0.15) is 0 Å². The highest BCUT2D eigenvalue weighted by molar-refractivity contribution is 7.88. The number of hydrogen-bond acceptors (Lipinski definition) is 3. The highest BCUT2D eigenvalue weighted by atomic mass is 32.2. The summed E-state index contributed by atoms with van der Waals surface area (Å²) >= 11 is 0. The minimum absolute atomic E-state index is 0.299. The van der Waals surface area contributed by atoms with Crippen LogP contribution in [-0.4, -0.2) is 44.2 Å². The lowest BCUT2D eigenvalue weighted by atomic mass is 10.2. The molecule has 1 heterocycles. The van der Waals surface area contributed by atoms with Gasteiger partial charge < -0.3 is 5.32 Å².